The lowest BCUT2D eigenvalue weighted by Gasteiger charge is -2.36. The normalized spacial score (nSPS) is 27.9. The smallest absolute Gasteiger partial charge is 0.410 e. The zero-order valence-corrected chi connectivity index (χ0v) is 13.7. The third-order valence-electron chi connectivity index (χ3n) is 4.37. The molecule has 0 aliphatic carbocycles. The van der Waals surface area contributed by atoms with Crippen LogP contribution in [0.2, 0.25) is 0 Å². The summed E-state index contributed by atoms with van der Waals surface area (Å²) in [5.41, 5.74) is -0.430. The van der Waals surface area contributed by atoms with E-state index >= 15 is 0 Å². The molecule has 2 atom stereocenters. The van der Waals surface area contributed by atoms with Crippen molar-refractivity contribution in [2.45, 2.75) is 58.1 Å². The van der Waals surface area contributed by atoms with Crippen LogP contribution in [-0.2, 0) is 4.74 Å². The highest BCUT2D eigenvalue weighted by atomic mass is 16.6. The molecule has 122 valence electrons. The standard InChI is InChI=1S/C16H30N2O3/c1-16(2,3)21-15(20)18-9-4-6-13(11-18)10-17-8-5-7-14(17)12-19/h13-14,19H,4-12H2,1-3H3/t13?,14-/m0/s1. The molecular weight excluding hydrogens is 268 g/mol. The van der Waals surface area contributed by atoms with E-state index in [1.165, 1.54) is 6.42 Å². The van der Waals surface area contributed by atoms with Crippen molar-refractivity contribution in [1.29, 1.82) is 0 Å². The SMILES string of the molecule is CC(C)(C)OC(=O)N1CCCC(CN2CCC[C@H]2CO)C1. The summed E-state index contributed by atoms with van der Waals surface area (Å²) in [4.78, 5) is 16.4. The van der Waals surface area contributed by atoms with Gasteiger partial charge >= 0.3 is 6.09 Å². The van der Waals surface area contributed by atoms with Crippen LogP contribution in [0.15, 0.2) is 0 Å². The number of nitrogens with zero attached hydrogens (tertiary/aromatic N) is 2. The fraction of sp³-hybridized carbons (Fsp3) is 0.938. The molecule has 5 heteroatoms. The first-order chi connectivity index (χ1) is 9.89. The van der Waals surface area contributed by atoms with Gasteiger partial charge in [-0.1, -0.05) is 0 Å². The highest BCUT2D eigenvalue weighted by molar-refractivity contribution is 5.68. The highest BCUT2D eigenvalue weighted by Crippen LogP contribution is 2.24. The fourth-order valence-corrected chi connectivity index (χ4v) is 3.38. The molecular formula is C16H30N2O3. The van der Waals surface area contributed by atoms with E-state index in [2.05, 4.69) is 4.90 Å². The maximum Gasteiger partial charge on any atom is 0.410 e. The second-order valence-electron chi connectivity index (χ2n) is 7.41. The van der Waals surface area contributed by atoms with Crippen LogP contribution in [0, 0.1) is 5.92 Å². The molecule has 5 nitrogen and oxygen atoms in total. The van der Waals surface area contributed by atoms with E-state index in [1.54, 1.807) is 0 Å². The molecule has 0 spiro atoms. The lowest BCUT2D eigenvalue weighted by Crippen LogP contribution is -2.46. The molecule has 2 rings (SSSR count). The van der Waals surface area contributed by atoms with Crippen molar-refractivity contribution in [3.05, 3.63) is 0 Å². The fourth-order valence-electron chi connectivity index (χ4n) is 3.38. The third kappa shape index (κ3) is 4.85. The summed E-state index contributed by atoms with van der Waals surface area (Å²) in [6.07, 6.45) is 4.29. The number of aliphatic hydroxyl groups is 1. The van der Waals surface area contributed by atoms with E-state index < -0.39 is 5.60 Å². The van der Waals surface area contributed by atoms with E-state index in [4.69, 9.17) is 4.74 Å². The molecule has 0 aromatic heterocycles. The summed E-state index contributed by atoms with van der Waals surface area (Å²) in [7, 11) is 0. The molecule has 0 aromatic rings. The number of ether oxygens (including phenoxy) is 1. The number of amides is 1. The van der Waals surface area contributed by atoms with Crippen molar-refractivity contribution in [2.24, 2.45) is 5.92 Å². The lowest BCUT2D eigenvalue weighted by atomic mass is 9.97. The summed E-state index contributed by atoms with van der Waals surface area (Å²) < 4.78 is 5.47. The number of carbonyl (C=O) groups is 1. The van der Waals surface area contributed by atoms with Crippen molar-refractivity contribution >= 4 is 6.09 Å². The van der Waals surface area contributed by atoms with Gasteiger partial charge in [-0.2, -0.15) is 0 Å². The second-order valence-corrected chi connectivity index (χ2v) is 7.41. The van der Waals surface area contributed by atoms with Gasteiger partial charge in [0.15, 0.2) is 0 Å². The number of piperidine rings is 1. The van der Waals surface area contributed by atoms with Crippen LogP contribution in [0.25, 0.3) is 0 Å². The summed E-state index contributed by atoms with van der Waals surface area (Å²) in [6, 6.07) is 0.321. The Labute approximate surface area is 128 Å². The minimum Gasteiger partial charge on any atom is -0.444 e. The van der Waals surface area contributed by atoms with Gasteiger partial charge in [0.25, 0.3) is 0 Å². The first kappa shape index (κ1) is 16.6. The molecule has 0 radical (unpaired) electrons. The number of likely N-dealkylation sites (tertiary alicyclic amines) is 2. The number of hydrogen-bond donors (Lipinski definition) is 1. The van der Waals surface area contributed by atoms with Gasteiger partial charge in [-0.15, -0.1) is 0 Å². The van der Waals surface area contributed by atoms with Gasteiger partial charge in [0.1, 0.15) is 5.60 Å². The van der Waals surface area contributed by atoms with Crippen LogP contribution in [0.4, 0.5) is 4.79 Å². The van der Waals surface area contributed by atoms with Gasteiger partial charge in [-0.3, -0.25) is 4.90 Å². The molecule has 0 saturated carbocycles. The Morgan fingerprint density at radius 1 is 1.24 bits per heavy atom. The van der Waals surface area contributed by atoms with Crippen molar-refractivity contribution in [1.82, 2.24) is 9.80 Å². The minimum absolute atomic E-state index is 0.188. The van der Waals surface area contributed by atoms with E-state index in [9.17, 15) is 9.90 Å². The summed E-state index contributed by atoms with van der Waals surface area (Å²) in [5.74, 6) is 0.499. The van der Waals surface area contributed by atoms with Gasteiger partial charge in [0.2, 0.25) is 0 Å². The van der Waals surface area contributed by atoms with Crippen molar-refractivity contribution in [3.8, 4) is 0 Å². The first-order valence-corrected chi connectivity index (χ1v) is 8.22. The molecule has 2 saturated heterocycles. The number of hydrogen-bond acceptors (Lipinski definition) is 4. The average molecular weight is 298 g/mol. The van der Waals surface area contributed by atoms with E-state index in [0.29, 0.717) is 12.0 Å². The number of aliphatic hydroxyl groups excluding tert-OH is 1. The third-order valence-corrected chi connectivity index (χ3v) is 4.37. The zero-order chi connectivity index (χ0) is 15.5. The predicted molar refractivity (Wildman–Crippen MR) is 82.2 cm³/mol. The maximum absolute atomic E-state index is 12.2. The monoisotopic (exact) mass is 298 g/mol. The largest absolute Gasteiger partial charge is 0.444 e. The Hall–Kier alpha value is -0.810. The number of rotatable bonds is 3. The molecule has 1 amide bonds. The minimum atomic E-state index is -0.430. The molecule has 2 aliphatic heterocycles. The Kier molecular flexibility index (Phi) is 5.49. The summed E-state index contributed by atoms with van der Waals surface area (Å²) in [5, 5.41) is 9.41. The van der Waals surface area contributed by atoms with Crippen molar-refractivity contribution in [3.63, 3.8) is 0 Å². The molecule has 0 aromatic carbocycles. The Morgan fingerprint density at radius 3 is 2.62 bits per heavy atom. The molecule has 2 fully saturated rings. The summed E-state index contributed by atoms with van der Waals surface area (Å²) in [6.45, 7) is 9.62. The molecule has 2 heterocycles. The summed E-state index contributed by atoms with van der Waals surface area (Å²) >= 11 is 0. The topological polar surface area (TPSA) is 53.0 Å². The van der Waals surface area contributed by atoms with Gasteiger partial charge in [0, 0.05) is 25.7 Å². The van der Waals surface area contributed by atoms with Crippen LogP contribution < -0.4 is 0 Å². The first-order valence-electron chi connectivity index (χ1n) is 8.22. The molecule has 21 heavy (non-hydrogen) atoms. The van der Waals surface area contributed by atoms with Crippen LogP contribution in [-0.4, -0.2) is 65.4 Å². The van der Waals surface area contributed by atoms with Gasteiger partial charge in [-0.25, -0.2) is 4.79 Å². The molecule has 1 unspecified atom stereocenters. The highest BCUT2D eigenvalue weighted by Gasteiger charge is 2.31. The van der Waals surface area contributed by atoms with Crippen LogP contribution >= 0.6 is 0 Å². The Morgan fingerprint density at radius 2 is 1.95 bits per heavy atom. The molecule has 2 aliphatic rings. The predicted octanol–water partition coefficient (Wildman–Crippen LogP) is 2.09. The zero-order valence-electron chi connectivity index (χ0n) is 13.7. The quantitative estimate of drug-likeness (QED) is 0.867. The number of carbonyl (C=O) groups excluding carboxylic acids is 1. The van der Waals surface area contributed by atoms with Gasteiger partial charge in [-0.05, 0) is 58.9 Å². The van der Waals surface area contributed by atoms with Gasteiger partial charge < -0.3 is 14.7 Å². The van der Waals surface area contributed by atoms with Crippen LogP contribution in [0.3, 0.4) is 0 Å². The van der Waals surface area contributed by atoms with Crippen LogP contribution in [0.1, 0.15) is 46.5 Å². The lowest BCUT2D eigenvalue weighted by molar-refractivity contribution is 0.0135. The maximum atomic E-state index is 12.2. The van der Waals surface area contributed by atoms with E-state index in [1.807, 2.05) is 25.7 Å². The second kappa shape index (κ2) is 6.97. The van der Waals surface area contributed by atoms with Gasteiger partial charge in [0.05, 0.1) is 6.61 Å². The Balaban J connectivity index is 1.84. The molecule has 0 bridgehead atoms. The molecule has 1 N–H and O–H groups in total. The van der Waals surface area contributed by atoms with E-state index in [0.717, 1.165) is 45.4 Å². The Bertz CT molecular complexity index is 354. The van der Waals surface area contributed by atoms with Crippen molar-refractivity contribution in [2.75, 3.05) is 32.8 Å². The van der Waals surface area contributed by atoms with E-state index in [-0.39, 0.29) is 12.7 Å². The van der Waals surface area contributed by atoms with Crippen molar-refractivity contribution < 1.29 is 14.6 Å². The average Bonchev–Trinajstić information content (AvgIpc) is 2.84. The van der Waals surface area contributed by atoms with Crippen LogP contribution in [0.5, 0.6) is 0 Å².